The summed E-state index contributed by atoms with van der Waals surface area (Å²) in [6.45, 7) is 0.396. The summed E-state index contributed by atoms with van der Waals surface area (Å²) in [6.07, 6.45) is 3.30. The van der Waals surface area contributed by atoms with Crippen molar-refractivity contribution >= 4 is 28.4 Å². The molecule has 0 bridgehead atoms. The summed E-state index contributed by atoms with van der Waals surface area (Å²) in [7, 11) is 0. The van der Waals surface area contributed by atoms with Crippen molar-refractivity contribution in [3.63, 3.8) is 0 Å². The van der Waals surface area contributed by atoms with E-state index in [1.165, 1.54) is 11.8 Å². The smallest absolute Gasteiger partial charge is 0.230 e. The lowest BCUT2D eigenvalue weighted by Gasteiger charge is -2.05. The number of fused-ring (bicyclic) bond motifs is 1. The van der Waals surface area contributed by atoms with E-state index in [1.54, 1.807) is 18.5 Å². The third-order valence-electron chi connectivity index (χ3n) is 2.92. The van der Waals surface area contributed by atoms with Crippen molar-refractivity contribution in [3.05, 3.63) is 54.6 Å². The average Bonchev–Trinajstić information content (AvgIpc) is 3.04. The van der Waals surface area contributed by atoms with Crippen LogP contribution in [0.5, 0.6) is 0 Å². The van der Waals surface area contributed by atoms with E-state index in [4.69, 9.17) is 4.42 Å². The largest absolute Gasteiger partial charge is 0.467 e. The topological polar surface area (TPSA) is 68.0 Å². The molecule has 0 saturated carbocycles. The lowest BCUT2D eigenvalue weighted by molar-refractivity contribution is -0.118. The van der Waals surface area contributed by atoms with Crippen LogP contribution >= 0.6 is 11.8 Å². The van der Waals surface area contributed by atoms with E-state index in [0.29, 0.717) is 12.3 Å². The molecule has 3 rings (SSSR count). The summed E-state index contributed by atoms with van der Waals surface area (Å²) in [6, 6.07) is 11.5. The van der Waals surface area contributed by atoms with Crippen LogP contribution in [0.15, 0.2) is 58.3 Å². The van der Waals surface area contributed by atoms with Crippen molar-refractivity contribution < 1.29 is 9.21 Å². The number of furan rings is 1. The second kappa shape index (κ2) is 6.41. The highest BCUT2D eigenvalue weighted by molar-refractivity contribution is 8.00. The van der Waals surface area contributed by atoms with Crippen LogP contribution in [0.4, 0.5) is 0 Å². The first kappa shape index (κ1) is 13.6. The van der Waals surface area contributed by atoms with E-state index < -0.39 is 0 Å². The van der Waals surface area contributed by atoms with Gasteiger partial charge in [-0.15, -0.1) is 5.10 Å². The number of amides is 1. The molecule has 5 nitrogen and oxygen atoms in total. The Hall–Kier alpha value is -2.34. The van der Waals surface area contributed by atoms with Crippen LogP contribution in [0.2, 0.25) is 0 Å². The molecule has 0 fully saturated rings. The number of rotatable bonds is 5. The molecular formula is C15H13N3O2S. The summed E-state index contributed by atoms with van der Waals surface area (Å²) in [5.41, 5.74) is 0. The standard InChI is InChI=1S/C15H13N3O2S/c19-14(16-9-12-5-3-7-20-12)10-21-15-13-6-2-1-4-11(13)8-17-18-15/h1-8H,9-10H2,(H,16,19). The lowest BCUT2D eigenvalue weighted by atomic mass is 10.2. The maximum absolute atomic E-state index is 11.8. The first-order valence-corrected chi connectivity index (χ1v) is 7.44. The van der Waals surface area contributed by atoms with Crippen molar-refractivity contribution in [1.82, 2.24) is 15.5 Å². The lowest BCUT2D eigenvalue weighted by Crippen LogP contribution is -2.24. The highest BCUT2D eigenvalue weighted by Crippen LogP contribution is 2.24. The third-order valence-corrected chi connectivity index (χ3v) is 3.90. The molecule has 6 heteroatoms. The number of nitrogens with zero attached hydrogens (tertiary/aromatic N) is 2. The first-order chi connectivity index (χ1) is 10.3. The van der Waals surface area contributed by atoms with Crippen LogP contribution in [0.1, 0.15) is 5.76 Å². The molecule has 0 aliphatic heterocycles. The molecule has 0 spiro atoms. The molecule has 2 heterocycles. The van der Waals surface area contributed by atoms with Crippen LogP contribution in [-0.4, -0.2) is 21.9 Å². The highest BCUT2D eigenvalue weighted by atomic mass is 32.2. The van der Waals surface area contributed by atoms with Gasteiger partial charge >= 0.3 is 0 Å². The second-order valence-corrected chi connectivity index (χ2v) is 5.35. The van der Waals surface area contributed by atoms with Crippen molar-refractivity contribution in [2.24, 2.45) is 0 Å². The predicted octanol–water partition coefficient (Wildman–Crippen LogP) is 2.63. The fraction of sp³-hybridized carbons (Fsp3) is 0.133. The van der Waals surface area contributed by atoms with Gasteiger partial charge in [0.05, 0.1) is 24.8 Å². The van der Waals surface area contributed by atoms with Crippen molar-refractivity contribution in [1.29, 1.82) is 0 Å². The number of hydrogen-bond acceptors (Lipinski definition) is 5. The Labute approximate surface area is 125 Å². The quantitative estimate of drug-likeness (QED) is 0.734. The van der Waals surface area contributed by atoms with Crippen LogP contribution in [0.3, 0.4) is 0 Å². The van der Waals surface area contributed by atoms with Gasteiger partial charge in [-0.25, -0.2) is 0 Å². The summed E-state index contributed by atoms with van der Waals surface area (Å²) in [4.78, 5) is 11.8. The van der Waals surface area contributed by atoms with Crippen molar-refractivity contribution in [3.8, 4) is 0 Å². The summed E-state index contributed by atoms with van der Waals surface area (Å²) in [5.74, 6) is 0.966. The first-order valence-electron chi connectivity index (χ1n) is 6.45. The molecule has 0 aliphatic rings. The van der Waals surface area contributed by atoms with Gasteiger partial charge in [0, 0.05) is 10.8 Å². The Balaban J connectivity index is 1.60. The Morgan fingerprint density at radius 3 is 3.00 bits per heavy atom. The molecular weight excluding hydrogens is 286 g/mol. The van der Waals surface area contributed by atoms with E-state index in [2.05, 4.69) is 15.5 Å². The zero-order valence-corrected chi connectivity index (χ0v) is 12.0. The van der Waals surface area contributed by atoms with Gasteiger partial charge < -0.3 is 9.73 Å². The zero-order chi connectivity index (χ0) is 14.5. The normalized spacial score (nSPS) is 10.7. The second-order valence-electron chi connectivity index (χ2n) is 4.38. The molecule has 2 aromatic heterocycles. The molecule has 0 saturated heterocycles. The number of benzene rings is 1. The summed E-state index contributed by atoms with van der Waals surface area (Å²) in [5, 5.41) is 13.7. The van der Waals surface area contributed by atoms with E-state index >= 15 is 0 Å². The zero-order valence-electron chi connectivity index (χ0n) is 11.2. The summed E-state index contributed by atoms with van der Waals surface area (Å²) >= 11 is 1.38. The minimum Gasteiger partial charge on any atom is -0.467 e. The fourth-order valence-corrected chi connectivity index (χ4v) is 2.71. The number of carbonyl (C=O) groups is 1. The number of thioether (sulfide) groups is 1. The minimum absolute atomic E-state index is 0.0638. The number of hydrogen-bond donors (Lipinski definition) is 1. The van der Waals surface area contributed by atoms with Gasteiger partial charge in [-0.1, -0.05) is 36.0 Å². The summed E-state index contributed by atoms with van der Waals surface area (Å²) < 4.78 is 5.16. The highest BCUT2D eigenvalue weighted by Gasteiger charge is 2.08. The molecule has 1 N–H and O–H groups in total. The van der Waals surface area contributed by atoms with Gasteiger partial charge in [-0.05, 0) is 12.1 Å². The number of nitrogens with one attached hydrogen (secondary N) is 1. The van der Waals surface area contributed by atoms with Gasteiger partial charge in [0.25, 0.3) is 0 Å². The molecule has 3 aromatic rings. The van der Waals surface area contributed by atoms with Crippen molar-refractivity contribution in [2.45, 2.75) is 11.6 Å². The maximum Gasteiger partial charge on any atom is 0.230 e. The van der Waals surface area contributed by atoms with E-state index in [0.717, 1.165) is 21.6 Å². The molecule has 0 atom stereocenters. The van der Waals surface area contributed by atoms with Crippen molar-refractivity contribution in [2.75, 3.05) is 5.75 Å². The monoisotopic (exact) mass is 299 g/mol. The van der Waals surface area contributed by atoms with Crippen LogP contribution in [-0.2, 0) is 11.3 Å². The SMILES string of the molecule is O=C(CSc1nncc2ccccc12)NCc1ccco1. The maximum atomic E-state index is 11.8. The van der Waals surface area contributed by atoms with E-state index in [-0.39, 0.29) is 5.91 Å². The Morgan fingerprint density at radius 2 is 2.14 bits per heavy atom. The van der Waals surface area contributed by atoms with Gasteiger partial charge in [0.1, 0.15) is 10.8 Å². The molecule has 0 unspecified atom stereocenters. The molecule has 0 radical (unpaired) electrons. The van der Waals surface area contributed by atoms with Gasteiger partial charge in [-0.2, -0.15) is 5.10 Å². The van der Waals surface area contributed by atoms with E-state index in [9.17, 15) is 4.79 Å². The number of aromatic nitrogens is 2. The van der Waals surface area contributed by atoms with Gasteiger partial charge in [-0.3, -0.25) is 4.79 Å². The molecule has 0 aliphatic carbocycles. The van der Waals surface area contributed by atoms with Crippen LogP contribution in [0, 0.1) is 0 Å². The molecule has 21 heavy (non-hydrogen) atoms. The number of carbonyl (C=O) groups excluding carboxylic acids is 1. The predicted molar refractivity (Wildman–Crippen MR) is 80.8 cm³/mol. The van der Waals surface area contributed by atoms with Gasteiger partial charge in [0.2, 0.25) is 5.91 Å². The molecule has 1 aromatic carbocycles. The molecule has 106 valence electrons. The fourth-order valence-electron chi connectivity index (χ4n) is 1.89. The Kier molecular flexibility index (Phi) is 4.16. The Bertz CT molecular complexity index is 738. The van der Waals surface area contributed by atoms with E-state index in [1.807, 2.05) is 30.3 Å². The minimum atomic E-state index is -0.0638. The third kappa shape index (κ3) is 3.41. The Morgan fingerprint density at radius 1 is 1.24 bits per heavy atom. The van der Waals surface area contributed by atoms with Crippen LogP contribution < -0.4 is 5.32 Å². The average molecular weight is 299 g/mol. The molecule has 1 amide bonds. The van der Waals surface area contributed by atoms with Crippen LogP contribution in [0.25, 0.3) is 10.8 Å². The van der Waals surface area contributed by atoms with Gasteiger partial charge in [0.15, 0.2) is 0 Å².